The fraction of sp³-hybridized carbons (Fsp3) is 0.538. The van der Waals surface area contributed by atoms with E-state index in [4.69, 9.17) is 5.73 Å². The van der Waals surface area contributed by atoms with E-state index in [1.54, 1.807) is 0 Å². The zero-order valence-corrected chi connectivity index (χ0v) is 12.1. The molecule has 0 atom stereocenters. The second kappa shape index (κ2) is 6.00. The van der Waals surface area contributed by atoms with Crippen LogP contribution in [0.25, 0.3) is 0 Å². The summed E-state index contributed by atoms with van der Waals surface area (Å²) in [6, 6.07) is 0. The summed E-state index contributed by atoms with van der Waals surface area (Å²) in [7, 11) is 0. The Labute approximate surface area is 112 Å². The molecule has 100 valence electrons. The molecule has 0 radical (unpaired) electrons. The molecule has 4 nitrogen and oxygen atoms in total. The van der Waals surface area contributed by atoms with Crippen LogP contribution in [0, 0.1) is 19.8 Å². The molecule has 0 saturated carbocycles. The van der Waals surface area contributed by atoms with Crippen LogP contribution in [-0.4, -0.2) is 11.8 Å². The lowest BCUT2D eigenvalue weighted by Gasteiger charge is -2.12. The predicted octanol–water partition coefficient (Wildman–Crippen LogP) is 2.84. The van der Waals surface area contributed by atoms with E-state index < -0.39 is 5.91 Å². The lowest BCUT2D eigenvalue weighted by atomic mass is 10.0. The highest BCUT2D eigenvalue weighted by Gasteiger charge is 2.21. The van der Waals surface area contributed by atoms with E-state index in [-0.39, 0.29) is 11.8 Å². The molecule has 0 fully saturated rings. The predicted molar refractivity (Wildman–Crippen MR) is 75.0 cm³/mol. The maximum absolute atomic E-state index is 12.0. The second-order valence-electron chi connectivity index (χ2n) is 4.35. The SMILES string of the molecule is CCC(CC)C(=O)Nc1sc(C)c(C)c1C(N)=O. The molecule has 1 aromatic heterocycles. The number of rotatable bonds is 5. The molecule has 3 N–H and O–H groups in total. The number of carbonyl (C=O) groups is 2. The molecule has 5 heteroatoms. The van der Waals surface area contributed by atoms with Crippen LogP contribution >= 0.6 is 11.3 Å². The molecule has 1 heterocycles. The summed E-state index contributed by atoms with van der Waals surface area (Å²) in [5.41, 5.74) is 6.66. The topological polar surface area (TPSA) is 72.2 Å². The number of primary amides is 1. The zero-order valence-electron chi connectivity index (χ0n) is 11.3. The summed E-state index contributed by atoms with van der Waals surface area (Å²) in [5, 5.41) is 3.41. The third-order valence-corrected chi connectivity index (χ3v) is 4.35. The first kappa shape index (κ1) is 14.7. The Balaban J connectivity index is 3.01. The highest BCUT2D eigenvalue weighted by molar-refractivity contribution is 7.16. The lowest BCUT2D eigenvalue weighted by Crippen LogP contribution is -2.23. The molecule has 0 unspecified atom stereocenters. The highest BCUT2D eigenvalue weighted by Crippen LogP contribution is 2.32. The average Bonchev–Trinajstić information content (AvgIpc) is 2.56. The van der Waals surface area contributed by atoms with Crippen molar-refractivity contribution in [3.63, 3.8) is 0 Å². The monoisotopic (exact) mass is 268 g/mol. The van der Waals surface area contributed by atoms with E-state index in [0.29, 0.717) is 10.6 Å². The van der Waals surface area contributed by atoms with Crippen LogP contribution in [0.5, 0.6) is 0 Å². The Hall–Kier alpha value is -1.36. The van der Waals surface area contributed by atoms with Crippen molar-refractivity contribution >= 4 is 28.2 Å². The number of carbonyl (C=O) groups excluding carboxylic acids is 2. The van der Waals surface area contributed by atoms with Gasteiger partial charge in [0.2, 0.25) is 5.91 Å². The Kier molecular flexibility index (Phi) is 4.90. The van der Waals surface area contributed by atoms with Crippen LogP contribution < -0.4 is 11.1 Å². The van der Waals surface area contributed by atoms with E-state index >= 15 is 0 Å². The van der Waals surface area contributed by atoms with Crippen molar-refractivity contribution < 1.29 is 9.59 Å². The summed E-state index contributed by atoms with van der Waals surface area (Å²) < 4.78 is 0. The number of thiophene rings is 1. The van der Waals surface area contributed by atoms with Gasteiger partial charge in [0.25, 0.3) is 5.91 Å². The van der Waals surface area contributed by atoms with E-state index in [0.717, 1.165) is 23.3 Å². The van der Waals surface area contributed by atoms with Gasteiger partial charge in [-0.1, -0.05) is 13.8 Å². The Bertz CT molecular complexity index is 462. The van der Waals surface area contributed by atoms with Crippen LogP contribution in [-0.2, 0) is 4.79 Å². The fourth-order valence-electron chi connectivity index (χ4n) is 1.89. The molecule has 0 aromatic carbocycles. The number of amides is 2. The van der Waals surface area contributed by atoms with Crippen molar-refractivity contribution in [3.8, 4) is 0 Å². The van der Waals surface area contributed by atoms with Crippen molar-refractivity contribution in [2.75, 3.05) is 5.32 Å². The first-order valence-electron chi connectivity index (χ1n) is 6.12. The van der Waals surface area contributed by atoms with Gasteiger partial charge in [0.05, 0.1) is 5.56 Å². The standard InChI is InChI=1S/C13H20N2O2S/c1-5-9(6-2)12(17)15-13-10(11(14)16)7(3)8(4)18-13/h9H,5-6H2,1-4H3,(H2,14,16)(H,15,17). The van der Waals surface area contributed by atoms with Crippen molar-refractivity contribution in [2.24, 2.45) is 11.7 Å². The van der Waals surface area contributed by atoms with Gasteiger partial charge in [-0.3, -0.25) is 9.59 Å². The van der Waals surface area contributed by atoms with Gasteiger partial charge in [-0.25, -0.2) is 0 Å². The summed E-state index contributed by atoms with van der Waals surface area (Å²) in [4.78, 5) is 24.4. The molecule has 2 amide bonds. The molecule has 0 saturated heterocycles. The molecule has 1 aromatic rings. The fourth-order valence-corrected chi connectivity index (χ4v) is 2.95. The molecule has 1 rings (SSSR count). The molecule has 0 aliphatic heterocycles. The summed E-state index contributed by atoms with van der Waals surface area (Å²) in [5.74, 6) is -0.547. The number of nitrogens with one attached hydrogen (secondary N) is 1. The summed E-state index contributed by atoms with van der Waals surface area (Å²) >= 11 is 1.40. The maximum atomic E-state index is 12.0. The number of anilines is 1. The Morgan fingerprint density at radius 1 is 1.28 bits per heavy atom. The molecular weight excluding hydrogens is 248 g/mol. The Morgan fingerprint density at radius 3 is 2.28 bits per heavy atom. The van der Waals surface area contributed by atoms with E-state index in [1.165, 1.54) is 11.3 Å². The largest absolute Gasteiger partial charge is 0.365 e. The molecule has 0 bridgehead atoms. The molecular formula is C13H20N2O2S. The number of aryl methyl sites for hydroxylation is 1. The molecule has 18 heavy (non-hydrogen) atoms. The summed E-state index contributed by atoms with van der Waals surface area (Å²) in [6.45, 7) is 7.72. The van der Waals surface area contributed by atoms with E-state index in [2.05, 4.69) is 5.32 Å². The van der Waals surface area contributed by atoms with Gasteiger partial charge in [-0.15, -0.1) is 11.3 Å². The smallest absolute Gasteiger partial charge is 0.251 e. The maximum Gasteiger partial charge on any atom is 0.251 e. The quantitative estimate of drug-likeness (QED) is 0.862. The van der Waals surface area contributed by atoms with E-state index in [1.807, 2.05) is 27.7 Å². The van der Waals surface area contributed by atoms with Crippen LogP contribution in [0.15, 0.2) is 0 Å². The van der Waals surface area contributed by atoms with Gasteiger partial charge >= 0.3 is 0 Å². The average molecular weight is 268 g/mol. The van der Waals surface area contributed by atoms with Crippen molar-refractivity contribution in [1.29, 1.82) is 0 Å². The van der Waals surface area contributed by atoms with Gasteiger partial charge < -0.3 is 11.1 Å². The van der Waals surface area contributed by atoms with Crippen LogP contribution in [0.4, 0.5) is 5.00 Å². The molecule has 0 spiro atoms. The van der Waals surface area contributed by atoms with Gasteiger partial charge in [-0.05, 0) is 32.3 Å². The molecule has 0 aliphatic rings. The third-order valence-electron chi connectivity index (χ3n) is 3.22. The minimum atomic E-state index is -0.489. The van der Waals surface area contributed by atoms with Crippen LogP contribution in [0.1, 0.15) is 47.5 Å². The van der Waals surface area contributed by atoms with Crippen LogP contribution in [0.3, 0.4) is 0 Å². The zero-order chi connectivity index (χ0) is 13.9. The number of nitrogens with two attached hydrogens (primary N) is 1. The number of hydrogen-bond donors (Lipinski definition) is 2. The molecule has 0 aliphatic carbocycles. The van der Waals surface area contributed by atoms with Gasteiger partial charge in [0.1, 0.15) is 5.00 Å². The Morgan fingerprint density at radius 2 is 1.83 bits per heavy atom. The lowest BCUT2D eigenvalue weighted by molar-refractivity contribution is -0.120. The van der Waals surface area contributed by atoms with Gasteiger partial charge in [-0.2, -0.15) is 0 Å². The van der Waals surface area contributed by atoms with Gasteiger partial charge in [0, 0.05) is 10.8 Å². The highest BCUT2D eigenvalue weighted by atomic mass is 32.1. The number of hydrogen-bond acceptors (Lipinski definition) is 3. The first-order valence-corrected chi connectivity index (χ1v) is 6.94. The first-order chi connectivity index (χ1) is 8.42. The summed E-state index contributed by atoms with van der Waals surface area (Å²) in [6.07, 6.45) is 1.58. The normalized spacial score (nSPS) is 10.7. The third kappa shape index (κ3) is 2.90. The van der Waals surface area contributed by atoms with Crippen LogP contribution in [0.2, 0.25) is 0 Å². The van der Waals surface area contributed by atoms with Crippen molar-refractivity contribution in [2.45, 2.75) is 40.5 Å². The minimum Gasteiger partial charge on any atom is -0.365 e. The second-order valence-corrected chi connectivity index (χ2v) is 5.58. The van der Waals surface area contributed by atoms with Gasteiger partial charge in [0.15, 0.2) is 0 Å². The van der Waals surface area contributed by atoms with Crippen molar-refractivity contribution in [3.05, 3.63) is 16.0 Å². The minimum absolute atomic E-state index is 0.0200. The van der Waals surface area contributed by atoms with E-state index in [9.17, 15) is 9.59 Å². The van der Waals surface area contributed by atoms with Crippen molar-refractivity contribution in [1.82, 2.24) is 0 Å².